The summed E-state index contributed by atoms with van der Waals surface area (Å²) >= 11 is 0. The zero-order valence-electron chi connectivity index (χ0n) is 13.9. The van der Waals surface area contributed by atoms with Gasteiger partial charge in [0.05, 0.1) is 12.7 Å². The van der Waals surface area contributed by atoms with Crippen molar-refractivity contribution in [3.05, 3.63) is 47.9 Å². The molecule has 2 heterocycles. The first-order valence-electron chi connectivity index (χ1n) is 8.41. The maximum Gasteiger partial charge on any atom is 0.273 e. The first-order valence-corrected chi connectivity index (χ1v) is 8.41. The van der Waals surface area contributed by atoms with Crippen LogP contribution in [-0.2, 0) is 11.2 Å². The van der Waals surface area contributed by atoms with E-state index in [2.05, 4.69) is 34.4 Å². The molecule has 1 aliphatic heterocycles. The molecule has 0 bridgehead atoms. The van der Waals surface area contributed by atoms with E-state index in [1.165, 1.54) is 5.69 Å². The van der Waals surface area contributed by atoms with E-state index < -0.39 is 0 Å². The Bertz CT molecular complexity index is 657. The van der Waals surface area contributed by atoms with Gasteiger partial charge in [0.25, 0.3) is 5.91 Å². The van der Waals surface area contributed by atoms with E-state index in [1.54, 1.807) is 6.07 Å². The minimum atomic E-state index is -0.221. The predicted molar refractivity (Wildman–Crippen MR) is 91.2 cm³/mol. The number of benzene rings is 1. The second-order valence-electron chi connectivity index (χ2n) is 5.91. The van der Waals surface area contributed by atoms with Crippen LogP contribution in [0.25, 0.3) is 0 Å². The fraction of sp³-hybridized carbons (Fsp3) is 0.444. The lowest BCUT2D eigenvalue weighted by atomic mass is 10.2. The van der Waals surface area contributed by atoms with E-state index in [-0.39, 0.29) is 12.0 Å². The summed E-state index contributed by atoms with van der Waals surface area (Å²) in [7, 11) is 0. The fourth-order valence-corrected chi connectivity index (χ4v) is 2.80. The summed E-state index contributed by atoms with van der Waals surface area (Å²) in [5.41, 5.74) is 1.51. The molecule has 3 rings (SSSR count). The Morgan fingerprint density at radius 3 is 3.00 bits per heavy atom. The van der Waals surface area contributed by atoms with E-state index in [1.807, 2.05) is 18.2 Å². The number of nitrogens with one attached hydrogen (secondary N) is 1. The second-order valence-corrected chi connectivity index (χ2v) is 5.91. The smallest absolute Gasteiger partial charge is 0.273 e. The van der Waals surface area contributed by atoms with Crippen molar-refractivity contribution in [2.45, 2.75) is 25.9 Å². The summed E-state index contributed by atoms with van der Waals surface area (Å²) in [6.45, 7) is 4.78. The number of carbonyl (C=O) groups excluding carboxylic acids is 1. The summed E-state index contributed by atoms with van der Waals surface area (Å²) in [5.74, 6) is 0.522. The molecule has 2 aromatic rings. The van der Waals surface area contributed by atoms with Crippen molar-refractivity contribution in [2.24, 2.45) is 0 Å². The first kappa shape index (κ1) is 16.5. The molecule has 0 aliphatic carbocycles. The van der Waals surface area contributed by atoms with E-state index in [0.717, 1.165) is 31.7 Å². The Hall–Kier alpha value is -2.34. The van der Waals surface area contributed by atoms with E-state index in [9.17, 15) is 4.79 Å². The molecular weight excluding hydrogens is 306 g/mol. The standard InChI is InChI=1S/C18H23N3O3/c1-2-6-15-11-17(20-24-15)18(22)19-12-16-13-21(9-10-23-16)14-7-4-3-5-8-14/h3-5,7-8,11,16H,2,6,9-10,12-13H2,1H3,(H,19,22)/t16-/m0/s1. The molecule has 6 heteroatoms. The fourth-order valence-electron chi connectivity index (χ4n) is 2.80. The molecule has 1 atom stereocenters. The highest BCUT2D eigenvalue weighted by molar-refractivity contribution is 5.92. The Morgan fingerprint density at radius 1 is 1.38 bits per heavy atom. The molecule has 6 nitrogen and oxygen atoms in total. The largest absolute Gasteiger partial charge is 0.373 e. The van der Waals surface area contributed by atoms with Gasteiger partial charge < -0.3 is 19.5 Å². The quantitative estimate of drug-likeness (QED) is 0.880. The molecular formula is C18H23N3O3. The molecule has 0 spiro atoms. The van der Waals surface area contributed by atoms with E-state index >= 15 is 0 Å². The number of anilines is 1. The van der Waals surface area contributed by atoms with Gasteiger partial charge in [-0.2, -0.15) is 0 Å². The van der Waals surface area contributed by atoms with Crippen molar-refractivity contribution in [1.29, 1.82) is 0 Å². The first-order chi connectivity index (χ1) is 11.8. The van der Waals surface area contributed by atoms with Gasteiger partial charge in [-0.1, -0.05) is 30.3 Å². The number of aromatic nitrogens is 1. The van der Waals surface area contributed by atoms with Gasteiger partial charge in [-0.05, 0) is 18.6 Å². The zero-order chi connectivity index (χ0) is 16.8. The van der Waals surface area contributed by atoms with Crippen molar-refractivity contribution in [3.8, 4) is 0 Å². The lowest BCUT2D eigenvalue weighted by molar-refractivity contribution is 0.0396. The number of aryl methyl sites for hydroxylation is 1. The third-order valence-corrected chi connectivity index (χ3v) is 4.04. The van der Waals surface area contributed by atoms with E-state index in [0.29, 0.717) is 18.8 Å². The molecule has 1 aromatic carbocycles. The van der Waals surface area contributed by atoms with Crippen LogP contribution in [0.1, 0.15) is 29.6 Å². The van der Waals surface area contributed by atoms with Gasteiger partial charge in [-0.3, -0.25) is 4.79 Å². The van der Waals surface area contributed by atoms with Crippen LogP contribution >= 0.6 is 0 Å². The topological polar surface area (TPSA) is 67.6 Å². The number of para-hydroxylation sites is 1. The number of morpholine rings is 1. The number of rotatable bonds is 6. The van der Waals surface area contributed by atoms with Crippen LogP contribution < -0.4 is 10.2 Å². The number of amides is 1. The summed E-state index contributed by atoms with van der Waals surface area (Å²) in [5, 5.41) is 6.71. The summed E-state index contributed by atoms with van der Waals surface area (Å²) in [6, 6.07) is 11.9. The van der Waals surface area contributed by atoms with Gasteiger partial charge in [0.2, 0.25) is 0 Å². The van der Waals surface area contributed by atoms with Gasteiger partial charge >= 0.3 is 0 Å². The molecule has 1 saturated heterocycles. The van der Waals surface area contributed by atoms with Gasteiger partial charge in [-0.15, -0.1) is 0 Å². The summed E-state index contributed by atoms with van der Waals surface area (Å²) < 4.78 is 10.9. The third-order valence-electron chi connectivity index (χ3n) is 4.04. The van der Waals surface area contributed by atoms with Crippen LogP contribution in [-0.4, -0.2) is 43.4 Å². The molecule has 24 heavy (non-hydrogen) atoms. The molecule has 0 unspecified atom stereocenters. The Balaban J connectivity index is 1.51. The Kier molecular flexibility index (Phi) is 5.48. The minimum absolute atomic E-state index is 0.0371. The van der Waals surface area contributed by atoms with Crippen LogP contribution in [0.2, 0.25) is 0 Å². The Labute approximate surface area is 141 Å². The maximum atomic E-state index is 12.2. The van der Waals surface area contributed by atoms with Crippen LogP contribution in [0.3, 0.4) is 0 Å². The second kappa shape index (κ2) is 7.97. The maximum absolute atomic E-state index is 12.2. The molecule has 128 valence electrons. The highest BCUT2D eigenvalue weighted by Gasteiger charge is 2.22. The number of carbonyl (C=O) groups is 1. The van der Waals surface area contributed by atoms with Gasteiger partial charge in [0, 0.05) is 37.8 Å². The molecule has 1 N–H and O–H groups in total. The van der Waals surface area contributed by atoms with Crippen LogP contribution in [0.4, 0.5) is 5.69 Å². The molecule has 1 fully saturated rings. The average Bonchev–Trinajstić information content (AvgIpc) is 3.10. The molecule has 0 radical (unpaired) electrons. The molecule has 1 aromatic heterocycles. The van der Waals surface area contributed by atoms with Crippen molar-refractivity contribution >= 4 is 11.6 Å². The summed E-state index contributed by atoms with van der Waals surface area (Å²) in [6.07, 6.45) is 1.71. The number of hydrogen-bond donors (Lipinski definition) is 1. The van der Waals surface area contributed by atoms with Crippen molar-refractivity contribution < 1.29 is 14.1 Å². The van der Waals surface area contributed by atoms with Crippen molar-refractivity contribution in [3.63, 3.8) is 0 Å². The summed E-state index contributed by atoms with van der Waals surface area (Å²) in [4.78, 5) is 14.4. The lowest BCUT2D eigenvalue weighted by Gasteiger charge is -2.34. The van der Waals surface area contributed by atoms with Crippen LogP contribution in [0.5, 0.6) is 0 Å². The van der Waals surface area contributed by atoms with E-state index in [4.69, 9.17) is 9.26 Å². The highest BCUT2D eigenvalue weighted by Crippen LogP contribution is 2.16. The molecule has 1 amide bonds. The predicted octanol–water partition coefficient (Wildman–Crippen LogP) is 2.26. The van der Waals surface area contributed by atoms with Crippen molar-refractivity contribution in [1.82, 2.24) is 10.5 Å². The zero-order valence-corrected chi connectivity index (χ0v) is 13.9. The average molecular weight is 329 g/mol. The van der Waals surface area contributed by atoms with Crippen LogP contribution in [0.15, 0.2) is 40.9 Å². The normalized spacial score (nSPS) is 17.7. The molecule has 1 aliphatic rings. The number of hydrogen-bond acceptors (Lipinski definition) is 5. The SMILES string of the molecule is CCCc1cc(C(=O)NC[C@H]2CN(c3ccccc3)CCO2)no1. The number of nitrogens with zero attached hydrogens (tertiary/aromatic N) is 2. The van der Waals surface area contributed by atoms with Gasteiger partial charge in [0.15, 0.2) is 5.69 Å². The van der Waals surface area contributed by atoms with Gasteiger partial charge in [0.1, 0.15) is 5.76 Å². The number of ether oxygens (including phenoxy) is 1. The van der Waals surface area contributed by atoms with Crippen molar-refractivity contribution in [2.75, 3.05) is 31.1 Å². The molecule has 0 saturated carbocycles. The third kappa shape index (κ3) is 4.14. The minimum Gasteiger partial charge on any atom is -0.373 e. The highest BCUT2D eigenvalue weighted by atomic mass is 16.5. The Morgan fingerprint density at radius 2 is 2.21 bits per heavy atom. The monoisotopic (exact) mass is 329 g/mol. The van der Waals surface area contributed by atoms with Crippen LogP contribution in [0, 0.1) is 0 Å². The van der Waals surface area contributed by atoms with Gasteiger partial charge in [-0.25, -0.2) is 0 Å². The lowest BCUT2D eigenvalue weighted by Crippen LogP contribution is -2.47.